The number of nitrogens with zero attached hydrogens (tertiary/aromatic N) is 2. The smallest absolute Gasteiger partial charge is 0.244 e. The van der Waals surface area contributed by atoms with Gasteiger partial charge in [0.2, 0.25) is 11.8 Å². The lowest BCUT2D eigenvalue weighted by Gasteiger charge is -2.56. The summed E-state index contributed by atoms with van der Waals surface area (Å²) in [4.78, 5) is 30.6. The van der Waals surface area contributed by atoms with Crippen molar-refractivity contribution in [3.05, 3.63) is 24.3 Å². The number of hydrogen-bond donors (Lipinski definition) is 1. The summed E-state index contributed by atoms with van der Waals surface area (Å²) in [6.45, 7) is 3.79. The number of carbonyl (C=O) groups excluding carboxylic acids is 2. The van der Waals surface area contributed by atoms with E-state index in [4.69, 9.17) is 4.74 Å². The lowest BCUT2D eigenvalue weighted by molar-refractivity contribution is -0.150. The molecule has 2 saturated heterocycles. The third kappa shape index (κ3) is 3.87. The highest BCUT2D eigenvalue weighted by atomic mass is 16.5. The first kappa shape index (κ1) is 20.2. The molecule has 1 aromatic carbocycles. The van der Waals surface area contributed by atoms with Crippen molar-refractivity contribution in [2.45, 2.75) is 57.4 Å². The number of carbonyl (C=O) groups is 2. The maximum absolute atomic E-state index is 13.2. The van der Waals surface area contributed by atoms with Crippen molar-refractivity contribution in [3.63, 3.8) is 0 Å². The highest BCUT2D eigenvalue weighted by Gasteiger charge is 2.63. The summed E-state index contributed by atoms with van der Waals surface area (Å²) in [5.74, 6) is 0.856. The monoisotopic (exact) mass is 399 g/mol. The van der Waals surface area contributed by atoms with Crippen LogP contribution in [0.3, 0.4) is 0 Å². The Morgan fingerprint density at radius 2 is 1.72 bits per heavy atom. The van der Waals surface area contributed by atoms with Gasteiger partial charge in [-0.05, 0) is 63.0 Å². The number of piperidine rings is 1. The standard InChI is InChI=1S/C23H33N3O3/c1-29-19-10-8-18(9-11-19)26-20(23(22(26)28)12-4-2-5-13-23)21(27)24-14-17-25-15-6-3-7-16-25/h8-11,20H,2-7,12-17H2,1H3,(H,24,27). The number of benzene rings is 1. The molecule has 2 aliphatic heterocycles. The van der Waals surface area contributed by atoms with Crippen LogP contribution in [-0.2, 0) is 9.59 Å². The van der Waals surface area contributed by atoms with Crippen LogP contribution < -0.4 is 15.0 Å². The van der Waals surface area contributed by atoms with Crippen LogP contribution in [-0.4, -0.2) is 56.0 Å². The van der Waals surface area contributed by atoms with Crippen molar-refractivity contribution in [1.82, 2.24) is 10.2 Å². The molecule has 2 heterocycles. The average Bonchev–Trinajstić information content (AvgIpc) is 2.78. The van der Waals surface area contributed by atoms with Gasteiger partial charge in [0.15, 0.2) is 0 Å². The van der Waals surface area contributed by atoms with E-state index in [0.717, 1.165) is 63.2 Å². The number of β-lactam (4-membered cyclic amide) rings is 1. The van der Waals surface area contributed by atoms with E-state index in [2.05, 4.69) is 10.2 Å². The second-order valence-electron chi connectivity index (χ2n) is 8.69. The number of methoxy groups -OCH3 is 1. The Kier molecular flexibility index (Phi) is 6.09. The van der Waals surface area contributed by atoms with E-state index in [1.165, 1.54) is 19.3 Å². The first-order valence-corrected chi connectivity index (χ1v) is 11.1. The summed E-state index contributed by atoms with van der Waals surface area (Å²) in [5.41, 5.74) is 0.274. The van der Waals surface area contributed by atoms with Crippen LogP contribution in [0.4, 0.5) is 5.69 Å². The molecule has 1 atom stereocenters. The zero-order valence-corrected chi connectivity index (χ0v) is 17.5. The minimum Gasteiger partial charge on any atom is -0.497 e. The minimum absolute atomic E-state index is 0.000623. The lowest BCUT2D eigenvalue weighted by Crippen LogP contribution is -2.74. The SMILES string of the molecule is COc1ccc(N2C(=O)C3(CCCCC3)C2C(=O)NCCN2CCCCC2)cc1. The van der Waals surface area contributed by atoms with E-state index in [-0.39, 0.29) is 11.8 Å². The lowest BCUT2D eigenvalue weighted by atomic mass is 9.61. The molecule has 1 aliphatic carbocycles. The van der Waals surface area contributed by atoms with Crippen molar-refractivity contribution in [1.29, 1.82) is 0 Å². The first-order valence-electron chi connectivity index (χ1n) is 11.1. The Bertz CT molecular complexity index is 721. The van der Waals surface area contributed by atoms with E-state index in [9.17, 15) is 9.59 Å². The van der Waals surface area contributed by atoms with E-state index < -0.39 is 11.5 Å². The van der Waals surface area contributed by atoms with E-state index >= 15 is 0 Å². The van der Waals surface area contributed by atoms with Crippen LogP contribution in [0, 0.1) is 5.41 Å². The van der Waals surface area contributed by atoms with Gasteiger partial charge in [-0.15, -0.1) is 0 Å². The molecule has 0 aromatic heterocycles. The third-order valence-corrected chi connectivity index (χ3v) is 6.95. The fourth-order valence-corrected chi connectivity index (χ4v) is 5.32. The summed E-state index contributed by atoms with van der Waals surface area (Å²) >= 11 is 0. The van der Waals surface area contributed by atoms with Crippen LogP contribution in [0.1, 0.15) is 51.4 Å². The molecule has 158 valence electrons. The second kappa shape index (κ2) is 8.74. The largest absolute Gasteiger partial charge is 0.497 e. The molecule has 1 unspecified atom stereocenters. The highest BCUT2D eigenvalue weighted by molar-refractivity contribution is 6.14. The number of likely N-dealkylation sites (tertiary alicyclic amines) is 1. The Hall–Kier alpha value is -2.08. The Morgan fingerprint density at radius 1 is 1.07 bits per heavy atom. The highest BCUT2D eigenvalue weighted by Crippen LogP contribution is 2.51. The van der Waals surface area contributed by atoms with Gasteiger partial charge >= 0.3 is 0 Å². The molecule has 3 fully saturated rings. The molecule has 29 heavy (non-hydrogen) atoms. The summed E-state index contributed by atoms with van der Waals surface area (Å²) in [6.07, 6.45) is 8.66. The summed E-state index contributed by atoms with van der Waals surface area (Å²) in [7, 11) is 1.62. The molecule has 0 radical (unpaired) electrons. The molecule has 6 heteroatoms. The fourth-order valence-electron chi connectivity index (χ4n) is 5.32. The van der Waals surface area contributed by atoms with Crippen molar-refractivity contribution >= 4 is 17.5 Å². The van der Waals surface area contributed by atoms with Gasteiger partial charge in [-0.2, -0.15) is 0 Å². The van der Waals surface area contributed by atoms with Crippen LogP contribution in [0.5, 0.6) is 5.75 Å². The Morgan fingerprint density at radius 3 is 2.38 bits per heavy atom. The van der Waals surface area contributed by atoms with E-state index in [1.54, 1.807) is 12.0 Å². The molecule has 3 aliphatic rings. The molecular weight excluding hydrogens is 366 g/mol. The molecule has 4 rings (SSSR count). The summed E-state index contributed by atoms with van der Waals surface area (Å²) < 4.78 is 5.23. The predicted octanol–water partition coefficient (Wildman–Crippen LogP) is 2.96. The molecule has 1 spiro atoms. The molecule has 0 bridgehead atoms. The molecule has 2 amide bonds. The Balaban J connectivity index is 1.47. The molecule has 1 saturated carbocycles. The maximum atomic E-state index is 13.2. The number of anilines is 1. The maximum Gasteiger partial charge on any atom is 0.244 e. The van der Waals surface area contributed by atoms with Crippen LogP contribution in [0.25, 0.3) is 0 Å². The van der Waals surface area contributed by atoms with E-state index in [1.807, 2.05) is 24.3 Å². The second-order valence-corrected chi connectivity index (χ2v) is 8.69. The average molecular weight is 400 g/mol. The van der Waals surface area contributed by atoms with Crippen LogP contribution in [0.2, 0.25) is 0 Å². The first-order chi connectivity index (χ1) is 14.2. The van der Waals surface area contributed by atoms with Crippen molar-refractivity contribution in [2.75, 3.05) is 38.2 Å². The minimum atomic E-state index is -0.507. The number of ether oxygens (including phenoxy) is 1. The van der Waals surface area contributed by atoms with Crippen molar-refractivity contribution < 1.29 is 14.3 Å². The Labute approximate surface area is 173 Å². The number of hydrogen-bond acceptors (Lipinski definition) is 4. The van der Waals surface area contributed by atoms with Gasteiger partial charge in [0, 0.05) is 18.8 Å². The normalized spacial score (nSPS) is 24.2. The van der Waals surface area contributed by atoms with E-state index in [0.29, 0.717) is 6.54 Å². The van der Waals surface area contributed by atoms with Crippen molar-refractivity contribution in [3.8, 4) is 5.75 Å². The molecule has 6 nitrogen and oxygen atoms in total. The number of amides is 2. The summed E-state index contributed by atoms with van der Waals surface area (Å²) in [6, 6.07) is 7.05. The van der Waals surface area contributed by atoms with Gasteiger partial charge in [0.25, 0.3) is 0 Å². The zero-order chi connectivity index (χ0) is 20.3. The van der Waals surface area contributed by atoms with Gasteiger partial charge in [-0.25, -0.2) is 0 Å². The van der Waals surface area contributed by atoms with Crippen LogP contribution in [0.15, 0.2) is 24.3 Å². The zero-order valence-electron chi connectivity index (χ0n) is 17.5. The quantitative estimate of drug-likeness (QED) is 0.747. The topological polar surface area (TPSA) is 61.9 Å². The van der Waals surface area contributed by atoms with Crippen molar-refractivity contribution in [2.24, 2.45) is 5.41 Å². The van der Waals surface area contributed by atoms with Gasteiger partial charge in [0.05, 0.1) is 12.5 Å². The van der Waals surface area contributed by atoms with Gasteiger partial charge in [0.1, 0.15) is 11.8 Å². The van der Waals surface area contributed by atoms with Crippen LogP contribution >= 0.6 is 0 Å². The summed E-state index contributed by atoms with van der Waals surface area (Å²) in [5, 5.41) is 3.15. The third-order valence-electron chi connectivity index (χ3n) is 6.95. The van der Waals surface area contributed by atoms with Gasteiger partial charge in [-0.1, -0.05) is 25.7 Å². The van der Waals surface area contributed by atoms with Gasteiger partial charge < -0.3 is 15.0 Å². The fraction of sp³-hybridized carbons (Fsp3) is 0.652. The number of nitrogens with one attached hydrogen (secondary N) is 1. The number of rotatable bonds is 6. The molecular formula is C23H33N3O3. The van der Waals surface area contributed by atoms with Gasteiger partial charge in [-0.3, -0.25) is 14.5 Å². The molecule has 1 N–H and O–H groups in total. The molecule has 1 aromatic rings. The predicted molar refractivity (Wildman–Crippen MR) is 113 cm³/mol.